The van der Waals surface area contributed by atoms with Gasteiger partial charge in [0.1, 0.15) is 4.93 Å². The molecule has 0 aromatic carbocycles. The van der Waals surface area contributed by atoms with Crippen LogP contribution in [0.5, 0.6) is 0 Å². The summed E-state index contributed by atoms with van der Waals surface area (Å²) in [4.78, 5) is 11.3. The highest BCUT2D eigenvalue weighted by Gasteiger charge is 2.73. The van der Waals surface area contributed by atoms with Gasteiger partial charge in [0.2, 0.25) is 0 Å². The van der Waals surface area contributed by atoms with E-state index in [1.165, 1.54) is 13.5 Å². The van der Waals surface area contributed by atoms with E-state index in [9.17, 15) is 4.79 Å². The first-order valence-corrected chi connectivity index (χ1v) is 8.07. The van der Waals surface area contributed by atoms with Crippen LogP contribution in [0, 0.1) is 23.2 Å². The second kappa shape index (κ2) is 4.52. The van der Waals surface area contributed by atoms with Crippen molar-refractivity contribution in [1.29, 1.82) is 0 Å². The summed E-state index contributed by atoms with van der Waals surface area (Å²) in [5.74, 6) is 2.55. The van der Waals surface area contributed by atoms with E-state index < -0.39 is 0 Å². The van der Waals surface area contributed by atoms with Crippen molar-refractivity contribution in [2.45, 2.75) is 31.6 Å². The normalized spacial score (nSPS) is 48.5. The van der Waals surface area contributed by atoms with E-state index in [1.807, 2.05) is 11.8 Å². The Morgan fingerprint density at radius 1 is 1.53 bits per heavy atom. The van der Waals surface area contributed by atoms with E-state index in [0.717, 1.165) is 18.8 Å². The maximum atomic E-state index is 11.3. The first-order chi connectivity index (χ1) is 9.04. The average molecular weight is 282 g/mol. The standard InChI is InChI=1S/C15H22O3S/c1-10-6-7-15(18-8-9-19-15)13-11(14(10,13)2)4-5-12(16)17-3/h4-5,10-11,13H,6-9H2,1-3H3/b5-4+/t10-,11?,13?,14-,15?/m0/s1. The number of hydrogen-bond acceptors (Lipinski definition) is 4. The van der Waals surface area contributed by atoms with E-state index in [0.29, 0.717) is 23.2 Å². The summed E-state index contributed by atoms with van der Waals surface area (Å²) in [7, 11) is 1.42. The van der Waals surface area contributed by atoms with E-state index in [-0.39, 0.29) is 10.9 Å². The zero-order valence-corrected chi connectivity index (χ0v) is 12.7. The van der Waals surface area contributed by atoms with Crippen molar-refractivity contribution < 1.29 is 14.3 Å². The smallest absolute Gasteiger partial charge is 0.330 e. The van der Waals surface area contributed by atoms with Gasteiger partial charge in [0, 0.05) is 17.7 Å². The van der Waals surface area contributed by atoms with Crippen LogP contribution in [0.4, 0.5) is 0 Å². The van der Waals surface area contributed by atoms with Gasteiger partial charge in [-0.25, -0.2) is 4.79 Å². The molecule has 0 radical (unpaired) electrons. The Kier molecular flexibility index (Phi) is 3.21. The molecule has 19 heavy (non-hydrogen) atoms. The van der Waals surface area contributed by atoms with Gasteiger partial charge in [-0.2, -0.15) is 0 Å². The lowest BCUT2D eigenvalue weighted by atomic mass is 9.78. The zero-order chi connectivity index (χ0) is 13.7. The number of ether oxygens (including phenoxy) is 2. The predicted molar refractivity (Wildman–Crippen MR) is 75.8 cm³/mol. The Hall–Kier alpha value is -0.480. The summed E-state index contributed by atoms with van der Waals surface area (Å²) in [5.41, 5.74) is 0.292. The Balaban J connectivity index is 1.83. The minimum absolute atomic E-state index is 0.0202. The molecule has 1 aliphatic heterocycles. The van der Waals surface area contributed by atoms with E-state index in [2.05, 4.69) is 19.9 Å². The molecule has 5 atom stereocenters. The topological polar surface area (TPSA) is 35.5 Å². The summed E-state index contributed by atoms with van der Waals surface area (Å²) >= 11 is 1.99. The molecule has 1 heterocycles. The van der Waals surface area contributed by atoms with Gasteiger partial charge in [0.25, 0.3) is 0 Å². The maximum absolute atomic E-state index is 11.3. The molecule has 0 bridgehead atoms. The number of carbonyl (C=O) groups excluding carboxylic acids is 1. The van der Waals surface area contributed by atoms with Crippen LogP contribution in [0.3, 0.4) is 0 Å². The van der Waals surface area contributed by atoms with Crippen LogP contribution < -0.4 is 0 Å². The number of allylic oxidation sites excluding steroid dienone is 1. The Morgan fingerprint density at radius 2 is 2.32 bits per heavy atom. The van der Waals surface area contributed by atoms with Crippen molar-refractivity contribution in [2.75, 3.05) is 19.5 Å². The molecular formula is C15H22O3S. The van der Waals surface area contributed by atoms with Gasteiger partial charge < -0.3 is 9.47 Å². The van der Waals surface area contributed by atoms with Crippen molar-refractivity contribution in [2.24, 2.45) is 23.2 Å². The lowest BCUT2D eigenvalue weighted by molar-refractivity contribution is -0.134. The van der Waals surface area contributed by atoms with Gasteiger partial charge in [0.15, 0.2) is 0 Å². The molecular weight excluding hydrogens is 260 g/mol. The van der Waals surface area contributed by atoms with Gasteiger partial charge in [-0.15, -0.1) is 11.8 Å². The molecule has 106 valence electrons. The van der Waals surface area contributed by atoms with Crippen LogP contribution in [-0.4, -0.2) is 30.4 Å². The van der Waals surface area contributed by atoms with Crippen LogP contribution in [0.15, 0.2) is 12.2 Å². The number of methoxy groups -OCH3 is 1. The predicted octanol–water partition coefficient (Wildman–Crippen LogP) is 2.86. The first-order valence-electron chi connectivity index (χ1n) is 7.08. The minimum Gasteiger partial charge on any atom is -0.466 e. The van der Waals surface area contributed by atoms with Gasteiger partial charge >= 0.3 is 5.97 Å². The number of hydrogen-bond donors (Lipinski definition) is 0. The number of thioether (sulfide) groups is 1. The van der Waals surface area contributed by atoms with Crippen molar-refractivity contribution >= 4 is 17.7 Å². The highest BCUT2D eigenvalue weighted by atomic mass is 32.2. The fraction of sp³-hybridized carbons (Fsp3) is 0.800. The van der Waals surface area contributed by atoms with Crippen molar-refractivity contribution in [3.05, 3.63) is 12.2 Å². The summed E-state index contributed by atoms with van der Waals surface area (Å²) in [6, 6.07) is 0. The van der Waals surface area contributed by atoms with Gasteiger partial charge in [-0.3, -0.25) is 0 Å². The summed E-state index contributed by atoms with van der Waals surface area (Å²) in [5, 5.41) is 0. The molecule has 2 aliphatic carbocycles. The SMILES string of the molecule is COC(=O)/C=C/C1C2C3(CC[C@H](C)[C@@]12C)OCCS3. The largest absolute Gasteiger partial charge is 0.466 e. The summed E-state index contributed by atoms with van der Waals surface area (Å²) in [6.45, 7) is 5.57. The van der Waals surface area contributed by atoms with Crippen LogP contribution in [0.25, 0.3) is 0 Å². The van der Waals surface area contributed by atoms with Crippen LogP contribution in [0.2, 0.25) is 0 Å². The molecule has 3 fully saturated rings. The summed E-state index contributed by atoms with van der Waals surface area (Å²) < 4.78 is 10.8. The highest BCUT2D eigenvalue weighted by Crippen LogP contribution is 2.75. The van der Waals surface area contributed by atoms with Crippen LogP contribution in [-0.2, 0) is 14.3 Å². The molecule has 1 saturated heterocycles. The molecule has 3 nitrogen and oxygen atoms in total. The third-order valence-corrected chi connectivity index (χ3v) is 6.95. The molecule has 3 unspecified atom stereocenters. The average Bonchev–Trinajstić information content (AvgIpc) is 2.82. The Bertz CT molecular complexity index is 414. The van der Waals surface area contributed by atoms with Gasteiger partial charge in [-0.05, 0) is 30.1 Å². The molecule has 0 amide bonds. The zero-order valence-electron chi connectivity index (χ0n) is 11.8. The van der Waals surface area contributed by atoms with E-state index in [1.54, 1.807) is 6.08 Å². The monoisotopic (exact) mass is 282 g/mol. The van der Waals surface area contributed by atoms with Crippen LogP contribution in [0.1, 0.15) is 26.7 Å². The van der Waals surface area contributed by atoms with E-state index in [4.69, 9.17) is 9.47 Å². The molecule has 0 aromatic heterocycles. The van der Waals surface area contributed by atoms with Crippen molar-refractivity contribution in [1.82, 2.24) is 0 Å². The Labute approximate surface area is 119 Å². The van der Waals surface area contributed by atoms with Gasteiger partial charge in [-0.1, -0.05) is 19.9 Å². The number of esters is 1. The maximum Gasteiger partial charge on any atom is 0.330 e. The molecule has 3 aliphatic rings. The second-order valence-electron chi connectivity index (χ2n) is 6.20. The minimum atomic E-state index is -0.256. The van der Waals surface area contributed by atoms with E-state index >= 15 is 0 Å². The fourth-order valence-electron chi connectivity index (χ4n) is 4.20. The Morgan fingerprint density at radius 3 is 2.95 bits per heavy atom. The lowest BCUT2D eigenvalue weighted by Crippen LogP contribution is -2.36. The lowest BCUT2D eigenvalue weighted by Gasteiger charge is -2.37. The fourth-order valence-corrected chi connectivity index (χ4v) is 5.72. The highest BCUT2D eigenvalue weighted by molar-refractivity contribution is 8.00. The molecule has 2 saturated carbocycles. The third kappa shape index (κ3) is 1.87. The van der Waals surface area contributed by atoms with Gasteiger partial charge in [0.05, 0.1) is 13.7 Å². The van der Waals surface area contributed by atoms with Crippen LogP contribution >= 0.6 is 11.8 Å². The summed E-state index contributed by atoms with van der Waals surface area (Å²) in [6.07, 6.45) is 6.03. The molecule has 1 spiro atoms. The molecule has 0 N–H and O–H groups in total. The number of fused-ring (bicyclic) bond motifs is 2. The quantitative estimate of drug-likeness (QED) is 0.576. The molecule has 4 heteroatoms. The molecule has 0 aromatic rings. The number of rotatable bonds is 2. The molecule has 3 rings (SSSR count). The van der Waals surface area contributed by atoms with Crippen molar-refractivity contribution in [3.8, 4) is 0 Å². The first kappa shape index (κ1) is 13.5. The van der Waals surface area contributed by atoms with Crippen molar-refractivity contribution in [3.63, 3.8) is 0 Å². The third-order valence-electron chi connectivity index (χ3n) is 5.52. The second-order valence-corrected chi connectivity index (χ2v) is 7.59. The number of carbonyl (C=O) groups is 1.